The molecule has 0 saturated carbocycles. The van der Waals surface area contributed by atoms with Crippen LogP contribution in [0.2, 0.25) is 0 Å². The van der Waals surface area contributed by atoms with Crippen LogP contribution in [-0.2, 0) is 14.2 Å². The molecule has 1 aromatic rings. The van der Waals surface area contributed by atoms with E-state index in [2.05, 4.69) is 0 Å². The van der Waals surface area contributed by atoms with Crippen molar-refractivity contribution in [2.45, 2.75) is 11.9 Å². The maximum absolute atomic E-state index is 11.6. The number of carbonyl (C=O) groups excluding carboxylic acids is 1. The van der Waals surface area contributed by atoms with Gasteiger partial charge in [-0.05, 0) is 12.1 Å². The molecule has 0 aliphatic rings. The van der Waals surface area contributed by atoms with E-state index in [9.17, 15) is 4.79 Å². The highest BCUT2D eigenvalue weighted by Crippen LogP contribution is 2.12. The Morgan fingerprint density at radius 1 is 1.19 bits per heavy atom. The van der Waals surface area contributed by atoms with Crippen LogP contribution in [0.15, 0.2) is 30.3 Å². The molecule has 0 aliphatic heterocycles. The number of ether oxygens (including phenoxy) is 3. The van der Waals surface area contributed by atoms with Crippen LogP contribution in [0.5, 0.6) is 0 Å². The predicted octanol–water partition coefficient (Wildman–Crippen LogP) is 2.03. The van der Waals surface area contributed by atoms with Crippen molar-refractivity contribution in [2.75, 3.05) is 14.2 Å². The predicted molar refractivity (Wildman–Crippen MR) is 59.3 cm³/mol. The first kappa shape index (κ1) is 13.0. The van der Waals surface area contributed by atoms with Crippen LogP contribution >= 0.6 is 11.6 Å². The molecular formula is C11H13ClO4. The summed E-state index contributed by atoms with van der Waals surface area (Å²) < 4.78 is 14.7. The van der Waals surface area contributed by atoms with E-state index in [1.807, 2.05) is 6.07 Å². The molecule has 0 N–H and O–H groups in total. The fraction of sp³-hybridized carbons (Fsp3) is 0.364. The van der Waals surface area contributed by atoms with Crippen molar-refractivity contribution in [1.82, 2.24) is 0 Å². The highest BCUT2D eigenvalue weighted by molar-refractivity contribution is 6.20. The van der Waals surface area contributed by atoms with Gasteiger partial charge < -0.3 is 14.2 Å². The Labute approximate surface area is 99.1 Å². The van der Waals surface area contributed by atoms with Gasteiger partial charge in [0.2, 0.25) is 11.9 Å². The Hall–Kier alpha value is -1.10. The third-order valence-corrected chi connectivity index (χ3v) is 2.20. The summed E-state index contributed by atoms with van der Waals surface area (Å²) >= 11 is 5.80. The molecule has 0 amide bonds. The van der Waals surface area contributed by atoms with Gasteiger partial charge in [0.05, 0.1) is 5.56 Å². The van der Waals surface area contributed by atoms with E-state index >= 15 is 0 Å². The Kier molecular flexibility index (Phi) is 5.25. The molecule has 1 rings (SSSR count). The molecule has 0 saturated heterocycles. The average molecular weight is 245 g/mol. The Bertz CT molecular complexity index is 324. The molecule has 5 heteroatoms. The largest absolute Gasteiger partial charge is 0.437 e. The SMILES string of the molecule is COC(OC)C(Cl)OC(=O)c1ccccc1. The zero-order chi connectivity index (χ0) is 12.0. The molecule has 1 unspecified atom stereocenters. The van der Waals surface area contributed by atoms with Gasteiger partial charge in [0, 0.05) is 14.2 Å². The van der Waals surface area contributed by atoms with E-state index in [0.29, 0.717) is 5.56 Å². The Morgan fingerprint density at radius 2 is 1.75 bits per heavy atom. The number of hydrogen-bond acceptors (Lipinski definition) is 4. The molecule has 88 valence electrons. The second kappa shape index (κ2) is 6.48. The quantitative estimate of drug-likeness (QED) is 0.452. The van der Waals surface area contributed by atoms with Gasteiger partial charge in [0.25, 0.3) is 0 Å². The summed E-state index contributed by atoms with van der Waals surface area (Å²) in [6, 6.07) is 8.57. The zero-order valence-corrected chi connectivity index (χ0v) is 9.81. The van der Waals surface area contributed by atoms with Crippen LogP contribution in [0, 0.1) is 0 Å². The molecule has 0 radical (unpaired) electrons. The standard InChI is InChI=1S/C11H13ClO4/c1-14-11(15-2)9(12)16-10(13)8-6-4-3-5-7-8/h3-7,9,11H,1-2H3. The Morgan fingerprint density at radius 3 is 2.25 bits per heavy atom. The minimum absolute atomic E-state index is 0.430. The van der Waals surface area contributed by atoms with Crippen LogP contribution < -0.4 is 0 Å². The summed E-state index contributed by atoms with van der Waals surface area (Å²) in [7, 11) is 2.83. The van der Waals surface area contributed by atoms with E-state index in [0.717, 1.165) is 0 Å². The maximum atomic E-state index is 11.6. The van der Waals surface area contributed by atoms with Crippen LogP contribution in [-0.4, -0.2) is 32.0 Å². The lowest BCUT2D eigenvalue weighted by Crippen LogP contribution is -2.29. The summed E-state index contributed by atoms with van der Waals surface area (Å²) in [6.45, 7) is 0. The fourth-order valence-electron chi connectivity index (χ4n) is 1.11. The van der Waals surface area contributed by atoms with E-state index in [-0.39, 0.29) is 0 Å². The zero-order valence-electron chi connectivity index (χ0n) is 9.05. The van der Waals surface area contributed by atoms with Crippen molar-refractivity contribution < 1.29 is 19.0 Å². The van der Waals surface area contributed by atoms with Crippen LogP contribution in [0.1, 0.15) is 10.4 Å². The summed E-state index contributed by atoms with van der Waals surface area (Å²) in [5.74, 6) is -0.514. The fourth-order valence-corrected chi connectivity index (χ4v) is 1.40. The molecule has 0 spiro atoms. The molecule has 0 heterocycles. The third-order valence-electron chi connectivity index (χ3n) is 1.91. The van der Waals surface area contributed by atoms with E-state index in [1.54, 1.807) is 24.3 Å². The van der Waals surface area contributed by atoms with Gasteiger partial charge in [0.1, 0.15) is 0 Å². The van der Waals surface area contributed by atoms with E-state index < -0.39 is 17.8 Å². The van der Waals surface area contributed by atoms with Gasteiger partial charge >= 0.3 is 5.97 Å². The van der Waals surface area contributed by atoms with Crippen molar-refractivity contribution >= 4 is 17.6 Å². The number of hydrogen-bond donors (Lipinski definition) is 0. The monoisotopic (exact) mass is 244 g/mol. The summed E-state index contributed by atoms with van der Waals surface area (Å²) in [4.78, 5) is 11.6. The number of rotatable bonds is 5. The van der Waals surface area contributed by atoms with E-state index in [1.165, 1.54) is 14.2 Å². The first-order valence-corrected chi connectivity index (χ1v) is 5.08. The Balaban J connectivity index is 2.58. The second-order valence-corrected chi connectivity index (χ2v) is 3.39. The summed E-state index contributed by atoms with van der Waals surface area (Å²) in [6.07, 6.45) is -0.783. The number of esters is 1. The highest BCUT2D eigenvalue weighted by Gasteiger charge is 2.22. The molecule has 0 bridgehead atoms. The molecule has 0 aromatic heterocycles. The average Bonchev–Trinajstić information content (AvgIpc) is 2.31. The first-order chi connectivity index (χ1) is 7.69. The van der Waals surface area contributed by atoms with E-state index in [4.69, 9.17) is 25.8 Å². The molecule has 0 fully saturated rings. The van der Waals surface area contributed by atoms with Crippen molar-refractivity contribution in [3.05, 3.63) is 35.9 Å². The molecule has 1 aromatic carbocycles. The van der Waals surface area contributed by atoms with Gasteiger partial charge in [-0.3, -0.25) is 0 Å². The lowest BCUT2D eigenvalue weighted by Gasteiger charge is -2.19. The molecule has 4 nitrogen and oxygen atoms in total. The van der Waals surface area contributed by atoms with Crippen molar-refractivity contribution in [1.29, 1.82) is 0 Å². The lowest BCUT2D eigenvalue weighted by atomic mass is 10.2. The smallest absolute Gasteiger partial charge is 0.339 e. The van der Waals surface area contributed by atoms with Gasteiger partial charge in [-0.2, -0.15) is 0 Å². The van der Waals surface area contributed by atoms with Crippen molar-refractivity contribution in [3.63, 3.8) is 0 Å². The number of benzene rings is 1. The number of alkyl halides is 1. The minimum atomic E-state index is -0.984. The minimum Gasteiger partial charge on any atom is -0.437 e. The second-order valence-electron chi connectivity index (χ2n) is 2.96. The number of halogens is 1. The van der Waals surface area contributed by atoms with Gasteiger partial charge in [-0.25, -0.2) is 4.79 Å². The third kappa shape index (κ3) is 3.48. The normalized spacial score (nSPS) is 12.5. The topological polar surface area (TPSA) is 44.8 Å². The van der Waals surface area contributed by atoms with Crippen LogP contribution in [0.4, 0.5) is 0 Å². The van der Waals surface area contributed by atoms with Crippen LogP contribution in [0.3, 0.4) is 0 Å². The van der Waals surface area contributed by atoms with Gasteiger partial charge in [-0.1, -0.05) is 29.8 Å². The van der Waals surface area contributed by atoms with Gasteiger partial charge in [0.15, 0.2) is 0 Å². The summed E-state index contributed by atoms with van der Waals surface area (Å²) in [5.41, 5.74) is -0.554. The number of carbonyl (C=O) groups is 1. The van der Waals surface area contributed by atoms with Gasteiger partial charge in [-0.15, -0.1) is 0 Å². The van der Waals surface area contributed by atoms with Crippen molar-refractivity contribution in [3.8, 4) is 0 Å². The number of methoxy groups -OCH3 is 2. The first-order valence-electron chi connectivity index (χ1n) is 4.64. The molecule has 1 atom stereocenters. The van der Waals surface area contributed by atoms with Crippen molar-refractivity contribution in [2.24, 2.45) is 0 Å². The maximum Gasteiger partial charge on any atom is 0.339 e. The summed E-state index contributed by atoms with van der Waals surface area (Å²) in [5, 5.41) is 0. The lowest BCUT2D eigenvalue weighted by molar-refractivity contribution is -0.142. The molecular weight excluding hydrogens is 232 g/mol. The van der Waals surface area contributed by atoms with Crippen LogP contribution in [0.25, 0.3) is 0 Å². The molecule has 16 heavy (non-hydrogen) atoms. The molecule has 0 aliphatic carbocycles. The highest BCUT2D eigenvalue weighted by atomic mass is 35.5.